The molecule has 0 atom stereocenters. The molecule has 0 aliphatic heterocycles. The molecule has 84 valence electrons. The van der Waals surface area contributed by atoms with Crippen LogP contribution in [0.1, 0.15) is 32.0 Å². The van der Waals surface area contributed by atoms with E-state index in [0.29, 0.717) is 12.6 Å². The van der Waals surface area contributed by atoms with Gasteiger partial charge in [0.2, 0.25) is 0 Å². The lowest BCUT2D eigenvalue weighted by Gasteiger charge is -2.24. The largest absolute Gasteiger partial charge is 0.325 e. The van der Waals surface area contributed by atoms with Crippen molar-refractivity contribution in [1.29, 1.82) is 0 Å². The minimum absolute atomic E-state index is 0.516. The van der Waals surface area contributed by atoms with E-state index in [1.54, 1.807) is 0 Å². The maximum absolute atomic E-state index is 5.57. The van der Waals surface area contributed by atoms with Gasteiger partial charge in [0, 0.05) is 25.3 Å². The van der Waals surface area contributed by atoms with Crippen molar-refractivity contribution >= 4 is 0 Å². The first-order chi connectivity index (χ1) is 7.17. The standard InChI is InChI=1S/C12H21N3/c1-4-15(10(2)3)9-11-5-6-14-12(7-11)8-13/h5-7,10H,4,8-9,13H2,1-3H3. The van der Waals surface area contributed by atoms with Gasteiger partial charge in [0.15, 0.2) is 0 Å². The molecule has 1 aromatic rings. The van der Waals surface area contributed by atoms with E-state index >= 15 is 0 Å². The van der Waals surface area contributed by atoms with Crippen LogP contribution in [0, 0.1) is 0 Å². The lowest BCUT2D eigenvalue weighted by molar-refractivity contribution is 0.225. The molecule has 0 aliphatic rings. The summed E-state index contributed by atoms with van der Waals surface area (Å²) in [5, 5.41) is 0. The van der Waals surface area contributed by atoms with Crippen LogP contribution in [-0.2, 0) is 13.1 Å². The second kappa shape index (κ2) is 5.83. The fourth-order valence-electron chi connectivity index (χ4n) is 1.63. The zero-order chi connectivity index (χ0) is 11.3. The van der Waals surface area contributed by atoms with Crippen molar-refractivity contribution in [2.75, 3.05) is 6.54 Å². The number of aromatic nitrogens is 1. The summed E-state index contributed by atoms with van der Waals surface area (Å²) in [5.74, 6) is 0. The fourth-order valence-corrected chi connectivity index (χ4v) is 1.63. The summed E-state index contributed by atoms with van der Waals surface area (Å²) in [6.45, 7) is 9.18. The second-order valence-corrected chi connectivity index (χ2v) is 4.02. The van der Waals surface area contributed by atoms with Gasteiger partial charge in [-0.05, 0) is 38.1 Å². The van der Waals surface area contributed by atoms with Gasteiger partial charge in [0.1, 0.15) is 0 Å². The second-order valence-electron chi connectivity index (χ2n) is 4.02. The third-order valence-electron chi connectivity index (χ3n) is 2.61. The van der Waals surface area contributed by atoms with Gasteiger partial charge in [-0.15, -0.1) is 0 Å². The van der Waals surface area contributed by atoms with Gasteiger partial charge in [-0.3, -0.25) is 9.88 Å². The van der Waals surface area contributed by atoms with Crippen molar-refractivity contribution in [3.8, 4) is 0 Å². The molecule has 3 nitrogen and oxygen atoms in total. The van der Waals surface area contributed by atoms with E-state index in [2.05, 4.69) is 42.8 Å². The third-order valence-corrected chi connectivity index (χ3v) is 2.61. The number of nitrogens with two attached hydrogens (primary N) is 1. The van der Waals surface area contributed by atoms with Crippen LogP contribution in [0.3, 0.4) is 0 Å². The maximum Gasteiger partial charge on any atom is 0.0542 e. The zero-order valence-electron chi connectivity index (χ0n) is 9.90. The van der Waals surface area contributed by atoms with Gasteiger partial charge in [0.05, 0.1) is 5.69 Å². The van der Waals surface area contributed by atoms with Crippen molar-refractivity contribution in [3.05, 3.63) is 29.6 Å². The molecule has 1 heterocycles. The monoisotopic (exact) mass is 207 g/mol. The molecule has 0 fully saturated rings. The molecule has 0 bridgehead atoms. The Morgan fingerprint density at radius 3 is 2.73 bits per heavy atom. The Morgan fingerprint density at radius 2 is 2.20 bits per heavy atom. The first kappa shape index (κ1) is 12.1. The molecular formula is C12H21N3. The van der Waals surface area contributed by atoms with E-state index in [1.807, 2.05) is 6.20 Å². The van der Waals surface area contributed by atoms with Crippen LogP contribution in [0.4, 0.5) is 0 Å². The van der Waals surface area contributed by atoms with Crippen LogP contribution >= 0.6 is 0 Å². The van der Waals surface area contributed by atoms with E-state index in [9.17, 15) is 0 Å². The highest BCUT2D eigenvalue weighted by atomic mass is 15.1. The van der Waals surface area contributed by atoms with Crippen molar-refractivity contribution in [2.24, 2.45) is 5.73 Å². The highest BCUT2D eigenvalue weighted by molar-refractivity contribution is 5.16. The van der Waals surface area contributed by atoms with Crippen LogP contribution in [0.25, 0.3) is 0 Å². The van der Waals surface area contributed by atoms with E-state index in [0.717, 1.165) is 18.8 Å². The Kier molecular flexibility index (Phi) is 4.72. The van der Waals surface area contributed by atoms with Crippen LogP contribution < -0.4 is 5.73 Å². The Morgan fingerprint density at radius 1 is 1.47 bits per heavy atom. The normalized spacial score (nSPS) is 11.3. The minimum Gasteiger partial charge on any atom is -0.325 e. The molecule has 0 radical (unpaired) electrons. The number of hydrogen-bond donors (Lipinski definition) is 1. The van der Waals surface area contributed by atoms with E-state index < -0.39 is 0 Å². The summed E-state index contributed by atoms with van der Waals surface area (Å²) in [7, 11) is 0. The fraction of sp³-hybridized carbons (Fsp3) is 0.583. The molecule has 15 heavy (non-hydrogen) atoms. The quantitative estimate of drug-likeness (QED) is 0.800. The van der Waals surface area contributed by atoms with E-state index in [-0.39, 0.29) is 0 Å². The van der Waals surface area contributed by atoms with Crippen molar-refractivity contribution in [1.82, 2.24) is 9.88 Å². The molecule has 3 heteroatoms. The van der Waals surface area contributed by atoms with Crippen molar-refractivity contribution < 1.29 is 0 Å². The predicted octanol–water partition coefficient (Wildman–Crippen LogP) is 1.77. The van der Waals surface area contributed by atoms with Gasteiger partial charge >= 0.3 is 0 Å². The van der Waals surface area contributed by atoms with E-state index in [1.165, 1.54) is 5.56 Å². The predicted molar refractivity (Wildman–Crippen MR) is 63.3 cm³/mol. The van der Waals surface area contributed by atoms with E-state index in [4.69, 9.17) is 5.73 Å². The molecule has 0 spiro atoms. The molecule has 1 rings (SSSR count). The molecule has 0 saturated heterocycles. The zero-order valence-corrected chi connectivity index (χ0v) is 9.90. The Labute approximate surface area is 92.3 Å². The number of pyridine rings is 1. The summed E-state index contributed by atoms with van der Waals surface area (Å²) in [6.07, 6.45) is 1.84. The lowest BCUT2D eigenvalue weighted by atomic mass is 10.2. The molecule has 0 aromatic carbocycles. The Bertz CT molecular complexity index is 297. The smallest absolute Gasteiger partial charge is 0.0542 e. The SMILES string of the molecule is CCN(Cc1ccnc(CN)c1)C(C)C. The van der Waals surface area contributed by atoms with Gasteiger partial charge in [-0.2, -0.15) is 0 Å². The summed E-state index contributed by atoms with van der Waals surface area (Å²) in [6, 6.07) is 4.72. The highest BCUT2D eigenvalue weighted by Gasteiger charge is 2.07. The first-order valence-electron chi connectivity index (χ1n) is 5.55. The number of nitrogens with zero attached hydrogens (tertiary/aromatic N) is 2. The Hall–Kier alpha value is -0.930. The molecule has 0 aliphatic carbocycles. The van der Waals surface area contributed by atoms with Gasteiger partial charge in [-0.25, -0.2) is 0 Å². The van der Waals surface area contributed by atoms with Crippen molar-refractivity contribution in [2.45, 2.75) is 39.9 Å². The number of hydrogen-bond acceptors (Lipinski definition) is 3. The van der Waals surface area contributed by atoms with Gasteiger partial charge in [-0.1, -0.05) is 6.92 Å². The summed E-state index contributed by atoms with van der Waals surface area (Å²) in [4.78, 5) is 6.60. The number of rotatable bonds is 5. The average molecular weight is 207 g/mol. The summed E-state index contributed by atoms with van der Waals surface area (Å²) >= 11 is 0. The maximum atomic E-state index is 5.57. The topological polar surface area (TPSA) is 42.2 Å². The van der Waals surface area contributed by atoms with Crippen LogP contribution in [0.15, 0.2) is 18.3 Å². The summed E-state index contributed by atoms with van der Waals surface area (Å²) < 4.78 is 0. The van der Waals surface area contributed by atoms with Crippen LogP contribution in [-0.4, -0.2) is 22.5 Å². The molecule has 1 aromatic heterocycles. The van der Waals surface area contributed by atoms with Crippen LogP contribution in [0.2, 0.25) is 0 Å². The highest BCUT2D eigenvalue weighted by Crippen LogP contribution is 2.08. The Balaban J connectivity index is 2.70. The average Bonchev–Trinajstić information content (AvgIpc) is 2.25. The third kappa shape index (κ3) is 3.61. The van der Waals surface area contributed by atoms with Crippen molar-refractivity contribution in [3.63, 3.8) is 0 Å². The molecule has 0 saturated carbocycles. The van der Waals surface area contributed by atoms with Gasteiger partial charge < -0.3 is 5.73 Å². The van der Waals surface area contributed by atoms with Crippen LogP contribution in [0.5, 0.6) is 0 Å². The lowest BCUT2D eigenvalue weighted by Crippen LogP contribution is -2.30. The minimum atomic E-state index is 0.516. The molecule has 2 N–H and O–H groups in total. The first-order valence-corrected chi connectivity index (χ1v) is 5.55. The molecule has 0 amide bonds. The molecule has 0 unspecified atom stereocenters. The van der Waals surface area contributed by atoms with Gasteiger partial charge in [0.25, 0.3) is 0 Å². The molecular weight excluding hydrogens is 186 g/mol. The summed E-state index contributed by atoms with van der Waals surface area (Å²) in [5.41, 5.74) is 7.82.